The molecule has 0 radical (unpaired) electrons. The largest absolute Gasteiger partial charge is 0.496 e. The lowest BCUT2D eigenvalue weighted by Gasteiger charge is -2.26. The molecule has 1 atom stereocenters. The Kier molecular flexibility index (Phi) is 11.3. The van der Waals surface area contributed by atoms with E-state index in [1.54, 1.807) is 36.1 Å². The van der Waals surface area contributed by atoms with Crippen molar-refractivity contribution in [1.82, 2.24) is 30.1 Å². The molecule has 0 unspecified atom stereocenters. The third kappa shape index (κ3) is 8.54. The van der Waals surface area contributed by atoms with E-state index in [9.17, 15) is 18.0 Å². The van der Waals surface area contributed by atoms with Gasteiger partial charge in [0.15, 0.2) is 5.82 Å². The van der Waals surface area contributed by atoms with Gasteiger partial charge >= 0.3 is 0 Å². The van der Waals surface area contributed by atoms with E-state index < -0.39 is 15.9 Å². The highest BCUT2D eigenvalue weighted by Crippen LogP contribution is 2.41. The van der Waals surface area contributed by atoms with Gasteiger partial charge in [0.25, 0.3) is 5.91 Å². The lowest BCUT2D eigenvalue weighted by atomic mass is 10.0. The summed E-state index contributed by atoms with van der Waals surface area (Å²) < 4.78 is 30.1. The summed E-state index contributed by atoms with van der Waals surface area (Å²) in [6.07, 6.45) is 4.14. The molecular weight excluding hydrogens is 715 g/mol. The van der Waals surface area contributed by atoms with Crippen LogP contribution < -0.4 is 25.8 Å². The number of imidazole rings is 1. The van der Waals surface area contributed by atoms with Crippen LogP contribution in [-0.4, -0.2) is 78.2 Å². The number of pyridine rings is 1. The molecule has 0 spiro atoms. The van der Waals surface area contributed by atoms with Crippen molar-refractivity contribution >= 4 is 50.7 Å². The van der Waals surface area contributed by atoms with Gasteiger partial charge in [-0.2, -0.15) is 0 Å². The predicted octanol–water partition coefficient (Wildman–Crippen LogP) is 4.12. The second-order valence-corrected chi connectivity index (χ2v) is 15.2. The lowest BCUT2D eigenvalue weighted by Crippen LogP contribution is -2.35. The molecule has 2 amide bonds. The van der Waals surface area contributed by atoms with Crippen LogP contribution in [0.25, 0.3) is 22.4 Å². The summed E-state index contributed by atoms with van der Waals surface area (Å²) in [4.78, 5) is 36.4. The molecule has 4 heterocycles. The van der Waals surface area contributed by atoms with E-state index in [-0.39, 0.29) is 23.5 Å². The van der Waals surface area contributed by atoms with Crippen LogP contribution in [0.5, 0.6) is 5.75 Å². The van der Waals surface area contributed by atoms with Crippen LogP contribution in [0.3, 0.4) is 0 Å². The van der Waals surface area contributed by atoms with Crippen molar-refractivity contribution in [2.45, 2.75) is 44.8 Å². The van der Waals surface area contributed by atoms with E-state index in [1.807, 2.05) is 31.3 Å². The molecule has 0 saturated carbocycles. The summed E-state index contributed by atoms with van der Waals surface area (Å²) in [6, 6.07) is 13.0. The van der Waals surface area contributed by atoms with E-state index in [2.05, 4.69) is 30.8 Å². The fourth-order valence-corrected chi connectivity index (χ4v) is 7.71. The number of carbonyl (C=O) groups excluding carboxylic acids is 2. The molecule has 1 saturated heterocycles. The summed E-state index contributed by atoms with van der Waals surface area (Å²) in [5, 5.41) is 15.1. The van der Waals surface area contributed by atoms with Gasteiger partial charge in [0.2, 0.25) is 15.9 Å². The fraction of sp³-hybridized carbons (Fsp3) is 0.371. The Hall–Kier alpha value is -4.05. The Balaban J connectivity index is 1.17. The zero-order valence-electron chi connectivity index (χ0n) is 28.3. The van der Waals surface area contributed by atoms with Gasteiger partial charge < -0.3 is 25.3 Å². The van der Waals surface area contributed by atoms with Crippen LogP contribution in [-0.2, 0) is 41.4 Å². The fourth-order valence-electron chi connectivity index (χ4n) is 6.58. The molecule has 0 aliphatic carbocycles. The molecule has 5 N–H and O–H groups in total. The number of anilines is 1. The molecule has 4 aromatic rings. The standard InChI is InChI=1S/C35H40Cl2N8O5S/c1-44-28-12-15-45(14-4-16-51(38,48)49)20-27(28)42-34(44)35(47)43-26-6-3-5-24(31(26)36)25-11-13-40-33(32(25)37)21-7-8-22(29(17-21)50-2)18-39-19-23-9-10-30(46)41-23/h3,5-8,11,13,17,23,39H,4,9-10,12,14-16,18-20H2,1-2H3,(H,41,46)(H,43,47)(H2,38,48,49)/t23-/m1/s1. The first kappa shape index (κ1) is 36.7. The number of halogens is 2. The molecule has 2 aliphatic rings. The van der Waals surface area contributed by atoms with Crippen molar-refractivity contribution in [1.29, 1.82) is 0 Å². The lowest BCUT2D eigenvalue weighted by molar-refractivity contribution is -0.119. The molecule has 2 aromatic heterocycles. The van der Waals surface area contributed by atoms with Crippen molar-refractivity contribution in [3.8, 4) is 28.1 Å². The minimum atomic E-state index is -3.52. The number of nitrogens with zero attached hydrogens (tertiary/aromatic N) is 4. The number of benzene rings is 2. The molecule has 0 bridgehead atoms. The number of aromatic nitrogens is 3. The van der Waals surface area contributed by atoms with E-state index in [0.717, 1.165) is 35.5 Å². The average molecular weight is 756 g/mol. The van der Waals surface area contributed by atoms with Crippen molar-refractivity contribution in [2.75, 3.05) is 37.8 Å². The van der Waals surface area contributed by atoms with Gasteiger partial charge in [0, 0.05) is 86.3 Å². The van der Waals surface area contributed by atoms with Crippen LogP contribution >= 0.6 is 23.2 Å². The number of primary sulfonamides is 1. The summed E-state index contributed by atoms with van der Waals surface area (Å²) >= 11 is 13.9. The average Bonchev–Trinajstić information content (AvgIpc) is 3.67. The summed E-state index contributed by atoms with van der Waals surface area (Å²) in [7, 11) is -0.0965. The first-order valence-electron chi connectivity index (χ1n) is 16.6. The Morgan fingerprint density at radius 1 is 1.14 bits per heavy atom. The van der Waals surface area contributed by atoms with Crippen molar-refractivity contribution in [2.24, 2.45) is 12.2 Å². The summed E-state index contributed by atoms with van der Waals surface area (Å²) in [5.41, 5.74) is 5.64. The molecule has 1 fully saturated rings. The Morgan fingerprint density at radius 3 is 2.69 bits per heavy atom. The highest BCUT2D eigenvalue weighted by Gasteiger charge is 2.26. The minimum Gasteiger partial charge on any atom is -0.496 e. The first-order valence-corrected chi connectivity index (χ1v) is 19.1. The number of carbonyl (C=O) groups is 2. The zero-order valence-corrected chi connectivity index (χ0v) is 30.7. The maximum atomic E-state index is 13.5. The van der Waals surface area contributed by atoms with Crippen molar-refractivity contribution in [3.63, 3.8) is 0 Å². The highest BCUT2D eigenvalue weighted by molar-refractivity contribution is 7.89. The highest BCUT2D eigenvalue weighted by atomic mass is 35.5. The topological polar surface area (TPSA) is 174 Å². The van der Waals surface area contributed by atoms with Gasteiger partial charge in [0.05, 0.1) is 40.0 Å². The number of amides is 2. The SMILES string of the molecule is COc1cc(-c2nccc(-c3cccc(NC(=O)c4nc5c(n4C)CCN(CCCS(N)(=O)=O)C5)c3Cl)c2Cl)ccc1CNC[C@H]1CCC(=O)N1. The molecule has 51 heavy (non-hydrogen) atoms. The molecule has 2 aromatic carbocycles. The predicted molar refractivity (Wildman–Crippen MR) is 197 cm³/mol. The Labute approximate surface area is 306 Å². The third-order valence-electron chi connectivity index (χ3n) is 9.22. The molecule has 16 heteroatoms. The third-order valence-corrected chi connectivity index (χ3v) is 10.9. The minimum absolute atomic E-state index is 0.0807. The number of hydrogen-bond acceptors (Lipinski definition) is 9. The number of fused-ring (bicyclic) bond motifs is 1. The molecule has 13 nitrogen and oxygen atoms in total. The molecule has 6 rings (SSSR count). The Morgan fingerprint density at radius 2 is 1.94 bits per heavy atom. The number of nitrogens with one attached hydrogen (secondary N) is 3. The van der Waals surface area contributed by atoms with Crippen molar-refractivity contribution < 1.29 is 22.7 Å². The van der Waals surface area contributed by atoms with Gasteiger partial charge in [-0.15, -0.1) is 0 Å². The van der Waals surface area contributed by atoms with Crippen LogP contribution in [0.15, 0.2) is 48.7 Å². The normalized spacial score (nSPS) is 16.2. The molecular formula is C35H40Cl2N8O5S. The molecule has 2 aliphatic heterocycles. The summed E-state index contributed by atoms with van der Waals surface area (Å²) in [6.45, 7) is 3.02. The second kappa shape index (κ2) is 15.7. The number of nitrogens with two attached hydrogens (primary N) is 1. The second-order valence-electron chi connectivity index (χ2n) is 12.7. The van der Waals surface area contributed by atoms with Crippen LogP contribution in [0.1, 0.15) is 46.8 Å². The van der Waals surface area contributed by atoms with Crippen LogP contribution in [0.2, 0.25) is 10.0 Å². The number of methoxy groups -OCH3 is 1. The Bertz CT molecular complexity index is 2070. The number of rotatable bonds is 13. The number of sulfonamides is 1. The van der Waals surface area contributed by atoms with Gasteiger partial charge in [-0.1, -0.05) is 47.5 Å². The summed E-state index contributed by atoms with van der Waals surface area (Å²) in [5.74, 6) is 0.511. The maximum Gasteiger partial charge on any atom is 0.291 e. The molecule has 270 valence electrons. The van der Waals surface area contributed by atoms with Gasteiger partial charge in [-0.05, 0) is 37.6 Å². The van der Waals surface area contributed by atoms with Gasteiger partial charge in [-0.25, -0.2) is 18.5 Å². The van der Waals surface area contributed by atoms with E-state index in [0.29, 0.717) is 83.7 Å². The first-order chi connectivity index (χ1) is 24.4. The number of ether oxygens (including phenoxy) is 1. The zero-order chi connectivity index (χ0) is 36.3. The van der Waals surface area contributed by atoms with Crippen LogP contribution in [0, 0.1) is 0 Å². The monoisotopic (exact) mass is 754 g/mol. The quantitative estimate of drug-likeness (QED) is 0.157. The van der Waals surface area contributed by atoms with E-state index in [1.165, 1.54) is 0 Å². The van der Waals surface area contributed by atoms with Gasteiger partial charge in [-0.3, -0.25) is 19.5 Å². The maximum absolute atomic E-state index is 13.5. The van der Waals surface area contributed by atoms with Crippen molar-refractivity contribution in [3.05, 3.63) is 81.5 Å². The van der Waals surface area contributed by atoms with E-state index in [4.69, 9.17) is 33.1 Å². The van der Waals surface area contributed by atoms with Gasteiger partial charge in [0.1, 0.15) is 5.75 Å². The van der Waals surface area contributed by atoms with E-state index >= 15 is 0 Å². The van der Waals surface area contributed by atoms with Crippen LogP contribution in [0.4, 0.5) is 5.69 Å². The number of hydrogen-bond donors (Lipinski definition) is 4. The smallest absolute Gasteiger partial charge is 0.291 e.